The van der Waals surface area contributed by atoms with Crippen molar-refractivity contribution < 1.29 is 4.74 Å². The Balaban J connectivity index is 2.50. The molecule has 0 aromatic carbocycles. The number of rotatable bonds is 6. The molecule has 1 aromatic rings. The molecule has 1 N–H and O–H groups in total. The predicted molar refractivity (Wildman–Crippen MR) is 59.1 cm³/mol. The van der Waals surface area contributed by atoms with Crippen molar-refractivity contribution in [2.75, 3.05) is 19.0 Å². The molecule has 0 spiro atoms. The Morgan fingerprint density at radius 3 is 2.86 bits per heavy atom. The number of halogens is 1. The number of nitrogens with one attached hydrogen (secondary N) is 1. The Morgan fingerprint density at radius 2 is 2.36 bits per heavy atom. The Bertz CT molecular complexity index is 263. The van der Waals surface area contributed by atoms with Crippen molar-refractivity contribution in [1.82, 2.24) is 8.75 Å². The van der Waals surface area contributed by atoms with E-state index in [1.165, 1.54) is 0 Å². The molecule has 0 saturated carbocycles. The SMILES string of the molecule is CCCC(COC)Nc1nsnc1Cl. The molecule has 0 amide bonds. The summed E-state index contributed by atoms with van der Waals surface area (Å²) in [6.45, 7) is 2.78. The van der Waals surface area contributed by atoms with Crippen molar-refractivity contribution in [1.29, 1.82) is 0 Å². The second-order valence-corrected chi connectivity index (χ2v) is 3.88. The molecule has 1 atom stereocenters. The van der Waals surface area contributed by atoms with Gasteiger partial charge in [-0.2, -0.15) is 8.75 Å². The lowest BCUT2D eigenvalue weighted by atomic mass is 10.2. The van der Waals surface area contributed by atoms with Gasteiger partial charge in [0.2, 0.25) is 0 Å². The molecule has 0 bridgehead atoms. The molecule has 0 radical (unpaired) electrons. The van der Waals surface area contributed by atoms with E-state index in [-0.39, 0.29) is 6.04 Å². The largest absolute Gasteiger partial charge is 0.383 e. The smallest absolute Gasteiger partial charge is 0.186 e. The molecule has 1 aromatic heterocycles. The number of hydrogen-bond donors (Lipinski definition) is 1. The third-order valence-electron chi connectivity index (χ3n) is 1.79. The highest BCUT2D eigenvalue weighted by Crippen LogP contribution is 2.19. The fourth-order valence-corrected chi connectivity index (χ4v) is 1.86. The molecule has 14 heavy (non-hydrogen) atoms. The zero-order valence-corrected chi connectivity index (χ0v) is 9.86. The van der Waals surface area contributed by atoms with Gasteiger partial charge in [0, 0.05) is 7.11 Å². The minimum Gasteiger partial charge on any atom is -0.383 e. The molecule has 1 rings (SSSR count). The first-order valence-electron chi connectivity index (χ1n) is 4.51. The van der Waals surface area contributed by atoms with Crippen LogP contribution in [0.4, 0.5) is 5.82 Å². The highest BCUT2D eigenvalue weighted by molar-refractivity contribution is 6.99. The van der Waals surface area contributed by atoms with Crippen LogP contribution >= 0.6 is 23.3 Å². The molecule has 0 aliphatic rings. The van der Waals surface area contributed by atoms with E-state index in [9.17, 15) is 0 Å². The van der Waals surface area contributed by atoms with E-state index >= 15 is 0 Å². The molecule has 80 valence electrons. The molecule has 6 heteroatoms. The van der Waals surface area contributed by atoms with Gasteiger partial charge in [-0.3, -0.25) is 0 Å². The number of methoxy groups -OCH3 is 1. The summed E-state index contributed by atoms with van der Waals surface area (Å²) >= 11 is 6.93. The Labute approximate surface area is 92.9 Å². The summed E-state index contributed by atoms with van der Waals surface area (Å²) in [6, 6.07) is 0.256. The summed E-state index contributed by atoms with van der Waals surface area (Å²) in [7, 11) is 1.69. The summed E-state index contributed by atoms with van der Waals surface area (Å²) in [5, 5.41) is 3.65. The van der Waals surface area contributed by atoms with E-state index in [4.69, 9.17) is 16.3 Å². The van der Waals surface area contributed by atoms with Crippen LogP contribution in [-0.2, 0) is 4.74 Å². The molecule has 1 unspecified atom stereocenters. The van der Waals surface area contributed by atoms with E-state index in [0.717, 1.165) is 24.6 Å². The first-order chi connectivity index (χ1) is 6.77. The summed E-state index contributed by atoms with van der Waals surface area (Å²) in [5.41, 5.74) is 0. The van der Waals surface area contributed by atoms with Gasteiger partial charge in [0.1, 0.15) is 0 Å². The third kappa shape index (κ3) is 3.40. The van der Waals surface area contributed by atoms with Crippen molar-refractivity contribution in [3.05, 3.63) is 5.15 Å². The van der Waals surface area contributed by atoms with Crippen molar-refractivity contribution in [3.63, 3.8) is 0 Å². The molecule has 4 nitrogen and oxygen atoms in total. The molecule has 0 aliphatic carbocycles. The van der Waals surface area contributed by atoms with Gasteiger partial charge in [-0.1, -0.05) is 24.9 Å². The van der Waals surface area contributed by atoms with Gasteiger partial charge in [0.15, 0.2) is 11.0 Å². The predicted octanol–water partition coefficient (Wildman–Crippen LogP) is 2.42. The van der Waals surface area contributed by atoms with Gasteiger partial charge < -0.3 is 10.1 Å². The van der Waals surface area contributed by atoms with Crippen molar-refractivity contribution in [2.45, 2.75) is 25.8 Å². The zero-order valence-electron chi connectivity index (χ0n) is 8.29. The lowest BCUT2D eigenvalue weighted by Gasteiger charge is -2.16. The van der Waals surface area contributed by atoms with Crippen LogP contribution in [0.5, 0.6) is 0 Å². The minimum absolute atomic E-state index is 0.256. The van der Waals surface area contributed by atoms with Gasteiger partial charge in [0.25, 0.3) is 0 Å². The number of anilines is 1. The van der Waals surface area contributed by atoms with Gasteiger partial charge in [0.05, 0.1) is 24.4 Å². The van der Waals surface area contributed by atoms with E-state index in [2.05, 4.69) is 21.0 Å². The standard InChI is InChI=1S/C8H14ClN3OS/c1-3-4-6(5-13-2)10-8-7(9)11-14-12-8/h6H,3-5H2,1-2H3,(H,10,12). The zero-order chi connectivity index (χ0) is 10.4. The fraction of sp³-hybridized carbons (Fsp3) is 0.750. The Morgan fingerprint density at radius 1 is 1.57 bits per heavy atom. The van der Waals surface area contributed by atoms with Gasteiger partial charge in [-0.25, -0.2) is 0 Å². The maximum atomic E-state index is 5.82. The van der Waals surface area contributed by atoms with Gasteiger partial charge in [-0.05, 0) is 6.42 Å². The number of nitrogens with zero attached hydrogens (tertiary/aromatic N) is 2. The maximum absolute atomic E-state index is 5.82. The third-order valence-corrected chi connectivity index (χ3v) is 2.69. The summed E-state index contributed by atoms with van der Waals surface area (Å²) in [4.78, 5) is 0. The van der Waals surface area contributed by atoms with Crippen molar-refractivity contribution >= 4 is 29.1 Å². The topological polar surface area (TPSA) is 47.0 Å². The minimum atomic E-state index is 0.256. The highest BCUT2D eigenvalue weighted by Gasteiger charge is 2.11. The molecule has 0 fully saturated rings. The first-order valence-corrected chi connectivity index (χ1v) is 5.62. The lowest BCUT2D eigenvalue weighted by molar-refractivity contribution is 0.182. The van der Waals surface area contributed by atoms with E-state index in [1.807, 2.05) is 0 Å². The second-order valence-electron chi connectivity index (χ2n) is 2.99. The van der Waals surface area contributed by atoms with E-state index < -0.39 is 0 Å². The van der Waals surface area contributed by atoms with Crippen LogP contribution in [0.1, 0.15) is 19.8 Å². The molecule has 0 aliphatic heterocycles. The molecular formula is C8H14ClN3OS. The van der Waals surface area contributed by atoms with Crippen molar-refractivity contribution in [3.8, 4) is 0 Å². The lowest BCUT2D eigenvalue weighted by Crippen LogP contribution is -2.24. The van der Waals surface area contributed by atoms with Gasteiger partial charge in [-0.15, -0.1) is 0 Å². The van der Waals surface area contributed by atoms with Crippen LogP contribution in [0, 0.1) is 0 Å². The Hall–Kier alpha value is -0.390. The van der Waals surface area contributed by atoms with Gasteiger partial charge >= 0.3 is 0 Å². The average molecular weight is 236 g/mol. The number of aromatic nitrogens is 2. The van der Waals surface area contributed by atoms with E-state index in [1.54, 1.807) is 7.11 Å². The maximum Gasteiger partial charge on any atom is 0.186 e. The van der Waals surface area contributed by atoms with Crippen LogP contribution in [0.2, 0.25) is 5.15 Å². The first kappa shape index (κ1) is 11.7. The summed E-state index contributed by atoms with van der Waals surface area (Å²) < 4.78 is 13.0. The average Bonchev–Trinajstić information content (AvgIpc) is 2.53. The van der Waals surface area contributed by atoms with Crippen LogP contribution in [0.3, 0.4) is 0 Å². The van der Waals surface area contributed by atoms with E-state index in [0.29, 0.717) is 17.6 Å². The normalized spacial score (nSPS) is 12.8. The summed E-state index contributed by atoms with van der Waals surface area (Å²) in [6.07, 6.45) is 2.12. The number of ether oxygens (including phenoxy) is 1. The monoisotopic (exact) mass is 235 g/mol. The number of hydrogen-bond acceptors (Lipinski definition) is 5. The molecule has 0 saturated heterocycles. The fourth-order valence-electron chi connectivity index (χ4n) is 1.20. The van der Waals surface area contributed by atoms with Crippen molar-refractivity contribution in [2.24, 2.45) is 0 Å². The van der Waals surface area contributed by atoms with Crippen LogP contribution < -0.4 is 5.32 Å². The molecular weight excluding hydrogens is 222 g/mol. The van der Waals surface area contributed by atoms with Crippen LogP contribution in [0.15, 0.2) is 0 Å². The van der Waals surface area contributed by atoms with Crippen LogP contribution in [-0.4, -0.2) is 28.5 Å². The highest BCUT2D eigenvalue weighted by atomic mass is 35.5. The quantitative estimate of drug-likeness (QED) is 0.823. The second kappa shape index (κ2) is 6.16. The summed E-state index contributed by atoms with van der Waals surface area (Å²) in [5.74, 6) is 0.659. The Kier molecular flexibility index (Phi) is 5.14. The molecule has 1 heterocycles. The van der Waals surface area contributed by atoms with Crippen LogP contribution in [0.25, 0.3) is 0 Å².